The Hall–Kier alpha value is -3.62. The number of hydrogen-bond acceptors (Lipinski definition) is 5. The van der Waals surface area contributed by atoms with Crippen molar-refractivity contribution >= 4 is 17.8 Å². The average Bonchev–Trinajstić information content (AvgIpc) is 3.47. The van der Waals surface area contributed by atoms with Crippen LogP contribution in [0.1, 0.15) is 56.2 Å². The third kappa shape index (κ3) is 4.62. The van der Waals surface area contributed by atoms with Crippen molar-refractivity contribution in [3.8, 4) is 11.5 Å². The van der Waals surface area contributed by atoms with Crippen molar-refractivity contribution in [2.75, 3.05) is 27.3 Å². The highest BCUT2D eigenvalue weighted by Gasteiger charge is 2.52. The summed E-state index contributed by atoms with van der Waals surface area (Å²) in [7, 11) is 3.15. The molecule has 1 N–H and O–H groups in total. The van der Waals surface area contributed by atoms with E-state index < -0.39 is 23.3 Å². The van der Waals surface area contributed by atoms with Crippen LogP contribution in [0.5, 0.6) is 11.5 Å². The molecule has 2 atom stereocenters. The first-order valence-electron chi connectivity index (χ1n) is 12.3. The Bertz CT molecular complexity index is 1140. The van der Waals surface area contributed by atoms with Crippen LogP contribution in [0.4, 0.5) is 9.18 Å². The van der Waals surface area contributed by atoms with Crippen molar-refractivity contribution in [2.24, 2.45) is 0 Å². The summed E-state index contributed by atoms with van der Waals surface area (Å²) in [5.74, 6) is 0.0534. The maximum absolute atomic E-state index is 13.7. The van der Waals surface area contributed by atoms with E-state index in [1.54, 1.807) is 31.3 Å². The smallest absolute Gasteiger partial charge is 0.325 e. The minimum absolute atomic E-state index is 0.259. The predicted octanol–water partition coefficient (Wildman–Crippen LogP) is 4.14. The minimum Gasteiger partial charge on any atom is -0.497 e. The van der Waals surface area contributed by atoms with E-state index in [0.717, 1.165) is 29.7 Å². The molecule has 2 fully saturated rings. The molecule has 0 spiro atoms. The summed E-state index contributed by atoms with van der Waals surface area (Å²) in [6.07, 6.45) is 3.36. The molecule has 0 saturated carbocycles. The van der Waals surface area contributed by atoms with Gasteiger partial charge in [0, 0.05) is 12.1 Å². The van der Waals surface area contributed by atoms with Gasteiger partial charge < -0.3 is 19.7 Å². The molecule has 2 aromatic carbocycles. The number of carbonyl (C=O) groups excluding carboxylic acids is 3. The lowest BCUT2D eigenvalue weighted by atomic mass is 9.85. The second kappa shape index (κ2) is 10.6. The van der Waals surface area contributed by atoms with Gasteiger partial charge in [-0.05, 0) is 55.2 Å². The number of urea groups is 1. The highest BCUT2D eigenvalue weighted by molar-refractivity contribution is 6.09. The first kappa shape index (κ1) is 25.5. The highest BCUT2D eigenvalue weighted by Crippen LogP contribution is 2.40. The number of hydrogen-bond donors (Lipinski definition) is 1. The van der Waals surface area contributed by atoms with Crippen molar-refractivity contribution in [3.05, 3.63) is 59.4 Å². The van der Waals surface area contributed by atoms with E-state index >= 15 is 0 Å². The van der Waals surface area contributed by atoms with Gasteiger partial charge in [0.05, 0.1) is 20.3 Å². The fourth-order valence-corrected chi connectivity index (χ4v) is 5.17. The van der Waals surface area contributed by atoms with E-state index in [-0.39, 0.29) is 18.5 Å². The number of benzene rings is 2. The molecular weight excluding hydrogens is 465 g/mol. The summed E-state index contributed by atoms with van der Waals surface area (Å²) in [4.78, 5) is 42.8. The molecule has 0 aliphatic carbocycles. The van der Waals surface area contributed by atoms with Gasteiger partial charge in [0.2, 0.25) is 5.91 Å². The number of rotatable bonds is 9. The van der Waals surface area contributed by atoms with Gasteiger partial charge in [-0.2, -0.15) is 0 Å². The quantitative estimate of drug-likeness (QED) is 0.526. The molecule has 2 saturated heterocycles. The molecule has 8 nitrogen and oxygen atoms in total. The lowest BCUT2D eigenvalue weighted by Gasteiger charge is -2.29. The SMILES string of the molecule is CCCCC1(c2ccc(F)cc2)NC(=O)N(CC(=O)N2CCCC2c2cc(OC)ccc2OC)C1=O. The predicted molar refractivity (Wildman–Crippen MR) is 131 cm³/mol. The van der Waals surface area contributed by atoms with Gasteiger partial charge in [-0.3, -0.25) is 14.5 Å². The average molecular weight is 498 g/mol. The van der Waals surface area contributed by atoms with Gasteiger partial charge in [-0.25, -0.2) is 9.18 Å². The van der Waals surface area contributed by atoms with Crippen LogP contribution in [-0.4, -0.2) is 55.0 Å². The number of nitrogens with zero attached hydrogens (tertiary/aromatic N) is 2. The first-order valence-corrected chi connectivity index (χ1v) is 12.3. The maximum Gasteiger partial charge on any atom is 0.325 e. The molecule has 0 radical (unpaired) electrons. The van der Waals surface area contributed by atoms with Crippen LogP contribution in [0.3, 0.4) is 0 Å². The third-order valence-electron chi connectivity index (χ3n) is 7.08. The van der Waals surface area contributed by atoms with Crippen molar-refractivity contribution in [1.29, 1.82) is 0 Å². The molecular formula is C27H32FN3O5. The molecule has 0 aromatic heterocycles. The Balaban J connectivity index is 1.58. The summed E-state index contributed by atoms with van der Waals surface area (Å²) in [6, 6.07) is 10.1. The number of imide groups is 1. The zero-order chi connectivity index (χ0) is 25.9. The molecule has 2 aliphatic rings. The summed E-state index contributed by atoms with van der Waals surface area (Å²) in [5, 5.41) is 2.82. The Labute approximate surface area is 210 Å². The number of nitrogens with one attached hydrogen (secondary N) is 1. The lowest BCUT2D eigenvalue weighted by Crippen LogP contribution is -2.45. The fraction of sp³-hybridized carbons (Fsp3) is 0.444. The highest BCUT2D eigenvalue weighted by atomic mass is 19.1. The van der Waals surface area contributed by atoms with Gasteiger partial charge >= 0.3 is 6.03 Å². The molecule has 2 heterocycles. The third-order valence-corrected chi connectivity index (χ3v) is 7.08. The van der Waals surface area contributed by atoms with Gasteiger partial charge in [-0.15, -0.1) is 0 Å². The van der Waals surface area contributed by atoms with Crippen LogP contribution >= 0.6 is 0 Å². The van der Waals surface area contributed by atoms with E-state index in [4.69, 9.17) is 9.47 Å². The summed E-state index contributed by atoms with van der Waals surface area (Å²) < 4.78 is 24.5. The molecule has 192 valence electrons. The molecule has 2 aromatic rings. The number of amides is 4. The Morgan fingerprint density at radius 1 is 1.14 bits per heavy atom. The number of halogens is 1. The topological polar surface area (TPSA) is 88.2 Å². The Kier molecular flexibility index (Phi) is 7.47. The fourth-order valence-electron chi connectivity index (χ4n) is 5.17. The van der Waals surface area contributed by atoms with Crippen LogP contribution in [0, 0.1) is 5.82 Å². The normalized spacial score (nSPS) is 21.6. The zero-order valence-electron chi connectivity index (χ0n) is 20.9. The second-order valence-electron chi connectivity index (χ2n) is 9.19. The van der Waals surface area contributed by atoms with Crippen molar-refractivity contribution in [1.82, 2.24) is 15.1 Å². The van der Waals surface area contributed by atoms with Crippen molar-refractivity contribution in [3.63, 3.8) is 0 Å². The molecule has 4 amide bonds. The standard InChI is InChI=1S/C27H32FN3O5/c1-4-5-14-27(18-8-10-19(28)11-9-18)25(33)31(26(34)29-27)17-24(32)30-15-6-7-22(30)21-16-20(35-2)12-13-23(21)36-3/h8-13,16,22H,4-7,14-15,17H2,1-3H3,(H,29,34). The van der Waals surface area contributed by atoms with E-state index in [1.165, 1.54) is 24.3 Å². The molecule has 36 heavy (non-hydrogen) atoms. The second-order valence-corrected chi connectivity index (χ2v) is 9.19. The summed E-state index contributed by atoms with van der Waals surface area (Å²) >= 11 is 0. The van der Waals surface area contributed by atoms with Gasteiger partial charge in [0.1, 0.15) is 29.4 Å². The van der Waals surface area contributed by atoms with E-state index in [2.05, 4.69) is 5.32 Å². The summed E-state index contributed by atoms with van der Waals surface area (Å²) in [5.41, 5.74) is 0.0101. The Morgan fingerprint density at radius 2 is 1.89 bits per heavy atom. The molecule has 2 aliphatic heterocycles. The lowest BCUT2D eigenvalue weighted by molar-refractivity contribution is -0.139. The molecule has 9 heteroatoms. The summed E-state index contributed by atoms with van der Waals surface area (Å²) in [6.45, 7) is 2.12. The van der Waals surface area contributed by atoms with E-state index in [1.807, 2.05) is 13.0 Å². The largest absolute Gasteiger partial charge is 0.497 e. The van der Waals surface area contributed by atoms with Crippen LogP contribution in [0.2, 0.25) is 0 Å². The number of likely N-dealkylation sites (tertiary alicyclic amines) is 1. The number of ether oxygens (including phenoxy) is 2. The van der Waals surface area contributed by atoms with Crippen LogP contribution in [0.25, 0.3) is 0 Å². The number of methoxy groups -OCH3 is 2. The zero-order valence-corrected chi connectivity index (χ0v) is 20.9. The van der Waals surface area contributed by atoms with Gasteiger partial charge in [-0.1, -0.05) is 31.9 Å². The van der Waals surface area contributed by atoms with Gasteiger partial charge in [0.25, 0.3) is 5.91 Å². The van der Waals surface area contributed by atoms with Crippen LogP contribution < -0.4 is 14.8 Å². The number of unbranched alkanes of at least 4 members (excludes halogenated alkanes) is 1. The van der Waals surface area contributed by atoms with Crippen LogP contribution in [-0.2, 0) is 15.1 Å². The van der Waals surface area contributed by atoms with Crippen molar-refractivity contribution < 1.29 is 28.2 Å². The van der Waals surface area contributed by atoms with E-state index in [0.29, 0.717) is 36.4 Å². The van der Waals surface area contributed by atoms with Crippen LogP contribution in [0.15, 0.2) is 42.5 Å². The van der Waals surface area contributed by atoms with Gasteiger partial charge in [0.15, 0.2) is 0 Å². The molecule has 4 rings (SSSR count). The molecule has 0 bridgehead atoms. The number of carbonyl (C=O) groups is 3. The Morgan fingerprint density at radius 3 is 2.56 bits per heavy atom. The molecule has 2 unspecified atom stereocenters. The first-order chi connectivity index (χ1) is 17.3. The van der Waals surface area contributed by atoms with E-state index in [9.17, 15) is 18.8 Å². The monoisotopic (exact) mass is 497 g/mol. The maximum atomic E-state index is 13.7. The minimum atomic E-state index is -1.32. The van der Waals surface area contributed by atoms with Crippen molar-refractivity contribution in [2.45, 2.75) is 50.6 Å².